The minimum absolute atomic E-state index is 0.255. The van der Waals surface area contributed by atoms with E-state index in [0.29, 0.717) is 29.4 Å². The molecular weight excluding hydrogens is 328 g/mol. The lowest BCUT2D eigenvalue weighted by Gasteiger charge is -2.16. The van der Waals surface area contributed by atoms with Crippen LogP contribution >= 0.6 is 0 Å². The molecule has 0 fully saturated rings. The average molecular weight is 352 g/mol. The van der Waals surface area contributed by atoms with Crippen molar-refractivity contribution in [3.63, 3.8) is 0 Å². The number of aromatic nitrogens is 1. The van der Waals surface area contributed by atoms with Gasteiger partial charge in [-0.1, -0.05) is 18.2 Å². The number of nitrogens with zero attached hydrogens (tertiary/aromatic N) is 4. The molecule has 0 amide bonds. The fourth-order valence-electron chi connectivity index (χ4n) is 2.07. The predicted molar refractivity (Wildman–Crippen MR) is 102 cm³/mol. The van der Waals surface area contributed by atoms with Gasteiger partial charge in [0, 0.05) is 13.6 Å². The van der Waals surface area contributed by atoms with E-state index in [-0.39, 0.29) is 6.10 Å². The molecule has 1 atom stereocenters. The third kappa shape index (κ3) is 5.49. The summed E-state index contributed by atoms with van der Waals surface area (Å²) in [6, 6.07) is 13.3. The van der Waals surface area contributed by atoms with Crippen molar-refractivity contribution in [3.8, 4) is 17.7 Å². The Labute approximate surface area is 154 Å². The van der Waals surface area contributed by atoms with E-state index in [4.69, 9.17) is 9.47 Å². The number of nitriles is 1. The minimum atomic E-state index is -0.255. The van der Waals surface area contributed by atoms with Gasteiger partial charge in [-0.05, 0) is 39.0 Å². The van der Waals surface area contributed by atoms with E-state index in [2.05, 4.69) is 16.0 Å². The van der Waals surface area contributed by atoms with Gasteiger partial charge in [-0.2, -0.15) is 5.26 Å². The Bertz CT molecular complexity index is 784. The second-order valence-electron chi connectivity index (χ2n) is 5.93. The topological polar surface area (TPSA) is 70.7 Å². The maximum atomic E-state index is 9.41. The van der Waals surface area contributed by atoms with Crippen LogP contribution in [0, 0.1) is 18.3 Å². The Hall–Kier alpha value is -3.07. The first-order chi connectivity index (χ1) is 12.5. The molecule has 0 radical (unpaired) electrons. The Morgan fingerprint density at radius 1 is 1.35 bits per heavy atom. The zero-order chi connectivity index (χ0) is 18.9. The summed E-state index contributed by atoms with van der Waals surface area (Å²) in [6.07, 6.45) is 1.47. The van der Waals surface area contributed by atoms with Crippen molar-refractivity contribution < 1.29 is 9.47 Å². The van der Waals surface area contributed by atoms with Gasteiger partial charge in [0.05, 0.1) is 17.7 Å². The summed E-state index contributed by atoms with van der Waals surface area (Å²) >= 11 is 0. The number of aryl methyl sites for hydroxylation is 1. The Morgan fingerprint density at radius 3 is 2.73 bits per heavy atom. The molecule has 0 aliphatic carbocycles. The second-order valence-corrected chi connectivity index (χ2v) is 5.93. The normalized spacial score (nSPS) is 11.8. The third-order valence-corrected chi connectivity index (χ3v) is 3.71. The fraction of sp³-hybridized carbons (Fsp3) is 0.350. The number of pyridine rings is 1. The maximum absolute atomic E-state index is 9.41. The van der Waals surface area contributed by atoms with Crippen LogP contribution in [0.1, 0.15) is 25.1 Å². The highest BCUT2D eigenvalue weighted by molar-refractivity contribution is 5.63. The molecule has 0 saturated carbocycles. The summed E-state index contributed by atoms with van der Waals surface area (Å²) in [5.74, 6) is 1.08. The number of aliphatic imine (C=N–C) groups is 1. The molecule has 6 heteroatoms. The first-order valence-corrected chi connectivity index (χ1v) is 8.54. The Kier molecular flexibility index (Phi) is 6.98. The van der Waals surface area contributed by atoms with E-state index < -0.39 is 0 Å². The molecule has 136 valence electrons. The summed E-state index contributed by atoms with van der Waals surface area (Å²) < 4.78 is 11.5. The van der Waals surface area contributed by atoms with Gasteiger partial charge in [-0.25, -0.2) is 9.98 Å². The molecular formula is C20H24N4O2. The van der Waals surface area contributed by atoms with Crippen molar-refractivity contribution in [1.82, 2.24) is 9.88 Å². The molecule has 0 saturated heterocycles. The molecule has 1 aromatic carbocycles. The molecule has 1 aromatic heterocycles. The molecule has 6 nitrogen and oxygen atoms in total. The molecule has 0 bridgehead atoms. The lowest BCUT2D eigenvalue weighted by atomic mass is 10.2. The first kappa shape index (κ1) is 19.3. The Balaban J connectivity index is 2.07. The standard InChI is InChI=1S/C20H24N4O2/c1-5-24(4)14-22-19-11-17(12-21)20(23-16(19)3)26-15(2)13-25-18-9-7-6-8-10-18/h6-11,14-15H,5,13H2,1-4H3/b22-14-. The molecule has 0 spiro atoms. The van der Waals surface area contributed by atoms with Crippen LogP contribution < -0.4 is 9.47 Å². The van der Waals surface area contributed by atoms with Crippen LogP contribution in [-0.2, 0) is 0 Å². The van der Waals surface area contributed by atoms with Gasteiger partial charge >= 0.3 is 0 Å². The van der Waals surface area contributed by atoms with Crippen LogP contribution in [0.15, 0.2) is 41.4 Å². The summed E-state index contributed by atoms with van der Waals surface area (Å²) in [4.78, 5) is 10.7. The molecule has 26 heavy (non-hydrogen) atoms. The van der Waals surface area contributed by atoms with E-state index >= 15 is 0 Å². The van der Waals surface area contributed by atoms with Gasteiger partial charge in [0.2, 0.25) is 5.88 Å². The van der Waals surface area contributed by atoms with Crippen molar-refractivity contribution in [3.05, 3.63) is 47.7 Å². The Morgan fingerprint density at radius 2 is 2.08 bits per heavy atom. The van der Waals surface area contributed by atoms with Gasteiger partial charge in [0.25, 0.3) is 0 Å². The predicted octanol–water partition coefficient (Wildman–Crippen LogP) is 3.72. The lowest BCUT2D eigenvalue weighted by Crippen LogP contribution is -2.22. The molecule has 1 unspecified atom stereocenters. The quantitative estimate of drug-likeness (QED) is 0.535. The van der Waals surface area contributed by atoms with Crippen molar-refractivity contribution in [2.24, 2.45) is 4.99 Å². The van der Waals surface area contributed by atoms with Gasteiger partial charge < -0.3 is 14.4 Å². The number of para-hydroxylation sites is 1. The molecule has 2 rings (SSSR count). The minimum Gasteiger partial charge on any atom is -0.490 e. The van der Waals surface area contributed by atoms with E-state index in [1.165, 1.54) is 0 Å². The smallest absolute Gasteiger partial charge is 0.232 e. The molecule has 1 heterocycles. The largest absolute Gasteiger partial charge is 0.490 e. The van der Waals surface area contributed by atoms with Gasteiger partial charge in [0.1, 0.15) is 30.1 Å². The lowest BCUT2D eigenvalue weighted by molar-refractivity contribution is 0.137. The van der Waals surface area contributed by atoms with E-state index in [0.717, 1.165) is 12.3 Å². The van der Waals surface area contributed by atoms with Crippen molar-refractivity contribution in [1.29, 1.82) is 5.26 Å². The van der Waals surface area contributed by atoms with Gasteiger partial charge in [0.15, 0.2) is 0 Å². The third-order valence-electron chi connectivity index (χ3n) is 3.71. The van der Waals surface area contributed by atoms with Crippen LogP contribution in [0.25, 0.3) is 0 Å². The SMILES string of the molecule is CCN(C)/C=N\c1cc(C#N)c(OC(C)COc2ccccc2)nc1C. The highest BCUT2D eigenvalue weighted by Crippen LogP contribution is 2.25. The van der Waals surface area contributed by atoms with Gasteiger partial charge in [-0.15, -0.1) is 0 Å². The molecule has 0 aliphatic heterocycles. The number of ether oxygens (including phenoxy) is 2. The van der Waals surface area contributed by atoms with Crippen molar-refractivity contribution in [2.45, 2.75) is 26.9 Å². The number of benzene rings is 1. The summed E-state index contributed by atoms with van der Waals surface area (Å²) in [6.45, 7) is 6.97. The zero-order valence-electron chi connectivity index (χ0n) is 15.6. The zero-order valence-corrected chi connectivity index (χ0v) is 15.6. The highest BCUT2D eigenvalue weighted by atomic mass is 16.5. The fourth-order valence-corrected chi connectivity index (χ4v) is 2.07. The van der Waals surface area contributed by atoms with Crippen molar-refractivity contribution >= 4 is 12.0 Å². The van der Waals surface area contributed by atoms with Crippen molar-refractivity contribution in [2.75, 3.05) is 20.2 Å². The highest BCUT2D eigenvalue weighted by Gasteiger charge is 2.14. The summed E-state index contributed by atoms with van der Waals surface area (Å²) in [5, 5.41) is 9.41. The molecule has 0 N–H and O–H groups in total. The number of hydrogen-bond acceptors (Lipinski definition) is 5. The van der Waals surface area contributed by atoms with Crippen LogP contribution in [0.4, 0.5) is 5.69 Å². The maximum Gasteiger partial charge on any atom is 0.232 e. The van der Waals surface area contributed by atoms with E-state index in [1.54, 1.807) is 12.4 Å². The monoisotopic (exact) mass is 352 g/mol. The number of rotatable bonds is 8. The summed E-state index contributed by atoms with van der Waals surface area (Å²) in [5.41, 5.74) is 1.71. The second kappa shape index (κ2) is 9.42. The van der Waals surface area contributed by atoms with Gasteiger partial charge in [-0.3, -0.25) is 0 Å². The molecule has 0 aliphatic rings. The van der Waals surface area contributed by atoms with Crippen LogP contribution in [-0.4, -0.2) is 42.5 Å². The number of hydrogen-bond donors (Lipinski definition) is 0. The van der Waals surface area contributed by atoms with Crippen LogP contribution in [0.2, 0.25) is 0 Å². The average Bonchev–Trinajstić information content (AvgIpc) is 2.66. The molecule has 2 aromatic rings. The summed E-state index contributed by atoms with van der Waals surface area (Å²) in [7, 11) is 1.93. The van der Waals surface area contributed by atoms with E-state index in [1.807, 2.05) is 63.1 Å². The van der Waals surface area contributed by atoms with Crippen LogP contribution in [0.3, 0.4) is 0 Å². The van der Waals surface area contributed by atoms with E-state index in [9.17, 15) is 5.26 Å². The first-order valence-electron chi connectivity index (χ1n) is 8.54. The van der Waals surface area contributed by atoms with Crippen LogP contribution in [0.5, 0.6) is 11.6 Å².